The molecular weight excluding hydrogens is 371 g/mol. The summed E-state index contributed by atoms with van der Waals surface area (Å²) in [5.41, 5.74) is -1.29. The number of rotatable bonds is 7. The predicted octanol–water partition coefficient (Wildman–Crippen LogP) is 3.53. The molecule has 1 heterocycles. The van der Waals surface area contributed by atoms with Crippen molar-refractivity contribution in [2.75, 3.05) is 11.9 Å². The highest BCUT2D eigenvalue weighted by Crippen LogP contribution is 2.34. The number of carbonyl (C=O) groups excluding carboxylic acids is 1. The van der Waals surface area contributed by atoms with Gasteiger partial charge in [0.2, 0.25) is 5.88 Å². The van der Waals surface area contributed by atoms with Gasteiger partial charge in [0.05, 0.1) is 11.1 Å². The van der Waals surface area contributed by atoms with Crippen LogP contribution in [0.2, 0.25) is 10.0 Å². The third-order valence-corrected chi connectivity index (χ3v) is 4.34. The van der Waals surface area contributed by atoms with Crippen molar-refractivity contribution in [2.24, 2.45) is 0 Å². The number of hydrogen-bond acceptors (Lipinski definition) is 5. The summed E-state index contributed by atoms with van der Waals surface area (Å²) in [6.07, 6.45) is 2.14. The summed E-state index contributed by atoms with van der Waals surface area (Å²) in [6, 6.07) is 1.42. The first-order valence-electron chi connectivity index (χ1n) is 7.93. The molecule has 0 spiro atoms. The monoisotopic (exact) mass is 390 g/mol. The molecular formula is C16H20Cl2N2O5. The maximum Gasteiger partial charge on any atom is 0.335 e. The van der Waals surface area contributed by atoms with Crippen LogP contribution in [0, 0.1) is 0 Å². The number of carboxylic acids is 1. The van der Waals surface area contributed by atoms with Crippen molar-refractivity contribution >= 4 is 40.9 Å². The molecule has 0 radical (unpaired) electrons. The van der Waals surface area contributed by atoms with Crippen LogP contribution in [0.4, 0.5) is 5.82 Å². The molecule has 0 bridgehead atoms. The van der Waals surface area contributed by atoms with Gasteiger partial charge in [-0.2, -0.15) is 4.98 Å². The number of pyridine rings is 1. The Morgan fingerprint density at radius 2 is 1.96 bits per heavy atom. The molecule has 0 aromatic carbocycles. The van der Waals surface area contributed by atoms with Crippen LogP contribution in [-0.4, -0.2) is 40.3 Å². The quantitative estimate of drug-likeness (QED) is 0.738. The van der Waals surface area contributed by atoms with E-state index in [0.717, 1.165) is 12.8 Å². The number of carbonyl (C=O) groups is 2. The molecule has 2 N–H and O–H groups in total. The normalized spacial score (nSPS) is 16.0. The van der Waals surface area contributed by atoms with Crippen molar-refractivity contribution in [3.8, 4) is 5.88 Å². The third-order valence-electron chi connectivity index (χ3n) is 3.78. The summed E-state index contributed by atoms with van der Waals surface area (Å²) in [5.74, 6) is -1.38. The molecule has 138 valence electrons. The predicted molar refractivity (Wildman–Crippen MR) is 93.4 cm³/mol. The van der Waals surface area contributed by atoms with Crippen molar-refractivity contribution in [3.05, 3.63) is 16.1 Å². The number of nitrogens with zero attached hydrogens (tertiary/aromatic N) is 1. The molecule has 1 aromatic heterocycles. The maximum atomic E-state index is 12.1. The summed E-state index contributed by atoms with van der Waals surface area (Å²) in [6.45, 7) is 3.21. The van der Waals surface area contributed by atoms with Gasteiger partial charge >= 0.3 is 5.97 Å². The first-order chi connectivity index (χ1) is 11.7. The van der Waals surface area contributed by atoms with Crippen molar-refractivity contribution in [1.82, 2.24) is 4.98 Å². The van der Waals surface area contributed by atoms with Gasteiger partial charge in [0.1, 0.15) is 11.6 Å². The second-order valence-electron chi connectivity index (χ2n) is 6.12. The first kappa shape index (κ1) is 19.8. The Kier molecular flexibility index (Phi) is 6.48. The average Bonchev–Trinajstić information content (AvgIpc) is 3.00. The number of halogens is 2. The maximum absolute atomic E-state index is 12.1. The zero-order valence-corrected chi connectivity index (χ0v) is 15.5. The molecule has 1 saturated carbocycles. The minimum Gasteiger partial charge on any atom is -0.479 e. The number of amides is 1. The van der Waals surface area contributed by atoms with Crippen LogP contribution in [0.1, 0.15) is 39.5 Å². The minimum absolute atomic E-state index is 0.0751. The molecule has 2 rings (SSSR count). The Morgan fingerprint density at radius 3 is 2.52 bits per heavy atom. The summed E-state index contributed by atoms with van der Waals surface area (Å²) in [4.78, 5) is 27.6. The zero-order valence-electron chi connectivity index (χ0n) is 14.0. The lowest BCUT2D eigenvalue weighted by atomic mass is 10.0. The Balaban J connectivity index is 2.03. The SMILES string of the molecule is CC(C)Oc1nc(NC(=O)COC2(C(=O)O)CCCC2)c(Cl)cc1Cl. The van der Waals surface area contributed by atoms with Crippen LogP contribution < -0.4 is 10.1 Å². The minimum atomic E-state index is -1.29. The van der Waals surface area contributed by atoms with Gasteiger partial charge in [-0.15, -0.1) is 0 Å². The van der Waals surface area contributed by atoms with E-state index in [4.69, 9.17) is 32.7 Å². The lowest BCUT2D eigenvalue weighted by molar-refractivity contribution is -0.166. The highest BCUT2D eigenvalue weighted by atomic mass is 35.5. The number of hydrogen-bond donors (Lipinski definition) is 2. The standard InChI is InChI=1S/C16H20Cl2N2O5/c1-9(2)25-14-11(18)7-10(17)13(20-14)19-12(21)8-24-16(15(22)23)5-3-4-6-16/h7,9H,3-6,8H2,1-2H3,(H,22,23)(H,19,20,21). The van der Waals surface area contributed by atoms with E-state index in [0.29, 0.717) is 12.8 Å². The molecule has 0 aliphatic heterocycles. The molecule has 25 heavy (non-hydrogen) atoms. The van der Waals surface area contributed by atoms with E-state index < -0.39 is 24.1 Å². The van der Waals surface area contributed by atoms with E-state index in [-0.39, 0.29) is 27.8 Å². The topological polar surface area (TPSA) is 97.8 Å². The summed E-state index contributed by atoms with van der Waals surface area (Å²) < 4.78 is 10.9. The number of ether oxygens (including phenoxy) is 2. The number of nitrogens with one attached hydrogen (secondary N) is 1. The van der Waals surface area contributed by atoms with Gasteiger partial charge in [-0.05, 0) is 45.6 Å². The second kappa shape index (κ2) is 8.21. The Labute approximate surface area is 155 Å². The fourth-order valence-electron chi connectivity index (χ4n) is 2.58. The molecule has 1 amide bonds. The van der Waals surface area contributed by atoms with Crippen LogP contribution in [0.3, 0.4) is 0 Å². The van der Waals surface area contributed by atoms with E-state index in [1.54, 1.807) is 0 Å². The first-order valence-corrected chi connectivity index (χ1v) is 8.69. The Morgan fingerprint density at radius 1 is 1.32 bits per heavy atom. The van der Waals surface area contributed by atoms with Crippen molar-refractivity contribution < 1.29 is 24.2 Å². The molecule has 1 aromatic rings. The van der Waals surface area contributed by atoms with Crippen molar-refractivity contribution in [1.29, 1.82) is 0 Å². The van der Waals surface area contributed by atoms with Gasteiger partial charge in [0.25, 0.3) is 5.91 Å². The molecule has 0 unspecified atom stereocenters. The number of aromatic nitrogens is 1. The highest BCUT2D eigenvalue weighted by Gasteiger charge is 2.42. The van der Waals surface area contributed by atoms with Crippen LogP contribution in [0.15, 0.2) is 6.07 Å². The van der Waals surface area contributed by atoms with Gasteiger partial charge in [-0.25, -0.2) is 4.79 Å². The second-order valence-corrected chi connectivity index (χ2v) is 6.93. The lowest BCUT2D eigenvalue weighted by Gasteiger charge is -2.23. The molecule has 9 heteroatoms. The van der Waals surface area contributed by atoms with Crippen LogP contribution in [0.5, 0.6) is 5.88 Å². The largest absolute Gasteiger partial charge is 0.479 e. The fraction of sp³-hybridized carbons (Fsp3) is 0.562. The molecule has 0 atom stereocenters. The molecule has 0 saturated heterocycles. The van der Waals surface area contributed by atoms with Gasteiger partial charge in [0.15, 0.2) is 11.4 Å². The van der Waals surface area contributed by atoms with E-state index in [9.17, 15) is 14.7 Å². The van der Waals surface area contributed by atoms with Gasteiger partial charge in [0, 0.05) is 0 Å². The summed E-state index contributed by atoms with van der Waals surface area (Å²) in [5, 5.41) is 12.2. The fourth-order valence-corrected chi connectivity index (χ4v) is 3.03. The van der Waals surface area contributed by atoms with Crippen LogP contribution in [-0.2, 0) is 14.3 Å². The van der Waals surface area contributed by atoms with Crippen LogP contribution >= 0.6 is 23.2 Å². The Hall–Kier alpha value is -1.57. The van der Waals surface area contributed by atoms with E-state index >= 15 is 0 Å². The number of carboxylic acid groups (broad SMARTS) is 1. The van der Waals surface area contributed by atoms with E-state index in [2.05, 4.69) is 10.3 Å². The summed E-state index contributed by atoms with van der Waals surface area (Å²) >= 11 is 12.0. The molecule has 1 fully saturated rings. The zero-order chi connectivity index (χ0) is 18.6. The molecule has 7 nitrogen and oxygen atoms in total. The number of anilines is 1. The Bertz CT molecular complexity index is 660. The number of aliphatic carboxylic acids is 1. The molecule has 1 aliphatic rings. The van der Waals surface area contributed by atoms with Gasteiger partial charge < -0.3 is 19.9 Å². The van der Waals surface area contributed by atoms with E-state index in [1.165, 1.54) is 6.07 Å². The smallest absolute Gasteiger partial charge is 0.335 e. The highest BCUT2D eigenvalue weighted by molar-refractivity contribution is 6.37. The third kappa shape index (κ3) is 4.96. The lowest BCUT2D eigenvalue weighted by Crippen LogP contribution is -2.40. The van der Waals surface area contributed by atoms with Crippen molar-refractivity contribution in [3.63, 3.8) is 0 Å². The van der Waals surface area contributed by atoms with Crippen molar-refractivity contribution in [2.45, 2.75) is 51.2 Å². The van der Waals surface area contributed by atoms with Gasteiger partial charge in [-0.3, -0.25) is 4.79 Å². The molecule has 1 aliphatic carbocycles. The average molecular weight is 391 g/mol. The summed E-state index contributed by atoms with van der Waals surface area (Å²) in [7, 11) is 0. The van der Waals surface area contributed by atoms with Gasteiger partial charge in [-0.1, -0.05) is 23.2 Å². The van der Waals surface area contributed by atoms with E-state index in [1.807, 2.05) is 13.8 Å². The van der Waals surface area contributed by atoms with Crippen LogP contribution in [0.25, 0.3) is 0 Å².